The first-order chi connectivity index (χ1) is 9.61. The third kappa shape index (κ3) is 3.73. The quantitative estimate of drug-likeness (QED) is 0.657. The van der Waals surface area contributed by atoms with Crippen LogP contribution in [0.3, 0.4) is 0 Å². The number of rotatable bonds is 4. The molecule has 112 valence electrons. The van der Waals surface area contributed by atoms with Gasteiger partial charge in [0.2, 0.25) is 0 Å². The van der Waals surface area contributed by atoms with Crippen molar-refractivity contribution in [3.05, 3.63) is 35.1 Å². The number of nitrogens with two attached hydrogens (primary N) is 1. The first-order valence-corrected chi connectivity index (χ1v) is 7.22. The van der Waals surface area contributed by atoms with Gasteiger partial charge in [-0.3, -0.25) is 0 Å². The van der Waals surface area contributed by atoms with Gasteiger partial charge in [0.1, 0.15) is 5.82 Å². The molecule has 1 aliphatic rings. The summed E-state index contributed by atoms with van der Waals surface area (Å²) in [6.07, 6.45) is 6.73. The van der Waals surface area contributed by atoms with E-state index in [0.29, 0.717) is 6.07 Å². The fraction of sp³-hybridized carbons (Fsp3) is 0.600. The van der Waals surface area contributed by atoms with Gasteiger partial charge < -0.3 is 11.1 Å². The van der Waals surface area contributed by atoms with E-state index in [1.54, 1.807) is 0 Å². The van der Waals surface area contributed by atoms with Gasteiger partial charge in [-0.1, -0.05) is 25.7 Å². The topological polar surface area (TPSA) is 38.0 Å². The second-order valence-corrected chi connectivity index (χ2v) is 5.43. The monoisotopic (exact) mass is 286 g/mol. The van der Waals surface area contributed by atoms with Gasteiger partial charge in [0.15, 0.2) is 11.6 Å². The van der Waals surface area contributed by atoms with Crippen LogP contribution in [0.2, 0.25) is 0 Å². The highest BCUT2D eigenvalue weighted by atomic mass is 19.2. The van der Waals surface area contributed by atoms with Gasteiger partial charge in [-0.25, -0.2) is 13.2 Å². The minimum atomic E-state index is -1.17. The van der Waals surface area contributed by atoms with Crippen molar-refractivity contribution in [2.24, 2.45) is 5.73 Å². The third-order valence-electron chi connectivity index (χ3n) is 3.94. The molecular formula is C15H21F3N2. The smallest absolute Gasteiger partial charge is 0.161 e. The van der Waals surface area contributed by atoms with E-state index in [1.807, 2.05) is 0 Å². The van der Waals surface area contributed by atoms with Crippen LogP contribution in [-0.2, 0) is 0 Å². The Bertz CT molecular complexity index is 443. The lowest BCUT2D eigenvalue weighted by Crippen LogP contribution is -2.37. The fourth-order valence-corrected chi connectivity index (χ4v) is 2.82. The zero-order chi connectivity index (χ0) is 14.5. The SMILES string of the molecule is NCC(NC1CCCCCC1)c1cc(F)c(F)cc1F. The van der Waals surface area contributed by atoms with Gasteiger partial charge in [0.25, 0.3) is 0 Å². The summed E-state index contributed by atoms with van der Waals surface area (Å²) in [6.45, 7) is 0.151. The Morgan fingerprint density at radius 3 is 2.20 bits per heavy atom. The molecule has 1 fully saturated rings. The van der Waals surface area contributed by atoms with Crippen LogP contribution < -0.4 is 11.1 Å². The van der Waals surface area contributed by atoms with Crippen LogP contribution in [0.25, 0.3) is 0 Å². The average Bonchev–Trinajstić information content (AvgIpc) is 2.69. The summed E-state index contributed by atoms with van der Waals surface area (Å²) in [7, 11) is 0. The van der Waals surface area contributed by atoms with Crippen molar-refractivity contribution in [2.45, 2.75) is 50.6 Å². The number of nitrogens with one attached hydrogen (secondary N) is 1. The average molecular weight is 286 g/mol. The molecule has 0 heterocycles. The van der Waals surface area contributed by atoms with Gasteiger partial charge in [-0.15, -0.1) is 0 Å². The fourth-order valence-electron chi connectivity index (χ4n) is 2.82. The lowest BCUT2D eigenvalue weighted by molar-refractivity contribution is 0.390. The van der Waals surface area contributed by atoms with E-state index in [0.717, 1.165) is 31.7 Å². The molecule has 2 nitrogen and oxygen atoms in total. The summed E-state index contributed by atoms with van der Waals surface area (Å²) in [5, 5.41) is 3.30. The maximum Gasteiger partial charge on any atom is 0.161 e. The molecule has 0 spiro atoms. The van der Waals surface area contributed by atoms with E-state index >= 15 is 0 Å². The number of halogens is 3. The summed E-state index contributed by atoms with van der Waals surface area (Å²) in [6, 6.07) is 1.28. The van der Waals surface area contributed by atoms with Crippen molar-refractivity contribution in [3.8, 4) is 0 Å². The summed E-state index contributed by atoms with van der Waals surface area (Å²) in [5.74, 6) is -2.96. The highest BCUT2D eigenvalue weighted by Gasteiger charge is 2.21. The Morgan fingerprint density at radius 1 is 1.00 bits per heavy atom. The Labute approximate surface area is 117 Å². The van der Waals surface area contributed by atoms with Crippen LogP contribution in [0.15, 0.2) is 12.1 Å². The van der Waals surface area contributed by atoms with E-state index in [2.05, 4.69) is 5.32 Å². The Balaban J connectivity index is 2.13. The molecule has 3 N–H and O–H groups in total. The van der Waals surface area contributed by atoms with Crippen molar-refractivity contribution in [3.63, 3.8) is 0 Å². The summed E-state index contributed by atoms with van der Waals surface area (Å²) < 4.78 is 40.1. The van der Waals surface area contributed by atoms with Gasteiger partial charge in [-0.05, 0) is 18.9 Å². The molecule has 1 aliphatic carbocycles. The summed E-state index contributed by atoms with van der Waals surface area (Å²) >= 11 is 0. The minimum Gasteiger partial charge on any atom is -0.329 e. The molecular weight excluding hydrogens is 265 g/mol. The second-order valence-electron chi connectivity index (χ2n) is 5.43. The van der Waals surface area contributed by atoms with Crippen molar-refractivity contribution in [2.75, 3.05) is 6.54 Å². The lowest BCUT2D eigenvalue weighted by Gasteiger charge is -2.24. The van der Waals surface area contributed by atoms with Gasteiger partial charge in [0, 0.05) is 30.3 Å². The van der Waals surface area contributed by atoms with Crippen LogP contribution >= 0.6 is 0 Å². The molecule has 0 bridgehead atoms. The zero-order valence-corrected chi connectivity index (χ0v) is 11.5. The number of hydrogen-bond donors (Lipinski definition) is 2. The maximum atomic E-state index is 13.8. The summed E-state index contributed by atoms with van der Waals surface area (Å²) in [5.41, 5.74) is 5.78. The molecule has 1 aromatic rings. The molecule has 1 saturated carbocycles. The van der Waals surface area contributed by atoms with E-state index < -0.39 is 23.5 Å². The molecule has 1 unspecified atom stereocenters. The van der Waals surface area contributed by atoms with Crippen molar-refractivity contribution >= 4 is 0 Å². The molecule has 0 radical (unpaired) electrons. The van der Waals surface area contributed by atoms with Crippen LogP contribution in [0.4, 0.5) is 13.2 Å². The van der Waals surface area contributed by atoms with Gasteiger partial charge in [-0.2, -0.15) is 0 Å². The van der Waals surface area contributed by atoms with Crippen LogP contribution in [0, 0.1) is 17.5 Å². The van der Waals surface area contributed by atoms with Crippen molar-refractivity contribution in [1.29, 1.82) is 0 Å². The maximum absolute atomic E-state index is 13.8. The highest BCUT2D eigenvalue weighted by Crippen LogP contribution is 2.24. The Kier molecular flexibility index (Phi) is 5.43. The Hall–Kier alpha value is -1.07. The number of benzene rings is 1. The minimum absolute atomic E-state index is 0.107. The van der Waals surface area contributed by atoms with E-state index in [4.69, 9.17) is 5.73 Å². The van der Waals surface area contributed by atoms with Crippen LogP contribution in [-0.4, -0.2) is 12.6 Å². The molecule has 0 aromatic heterocycles. The first-order valence-electron chi connectivity index (χ1n) is 7.22. The molecule has 0 saturated heterocycles. The predicted molar refractivity (Wildman–Crippen MR) is 72.7 cm³/mol. The molecule has 2 rings (SSSR count). The van der Waals surface area contributed by atoms with Crippen molar-refractivity contribution in [1.82, 2.24) is 5.32 Å². The van der Waals surface area contributed by atoms with Crippen LogP contribution in [0.1, 0.15) is 50.1 Å². The third-order valence-corrected chi connectivity index (χ3v) is 3.94. The molecule has 5 heteroatoms. The Morgan fingerprint density at radius 2 is 1.60 bits per heavy atom. The first kappa shape index (κ1) is 15.3. The molecule has 1 aromatic carbocycles. The zero-order valence-electron chi connectivity index (χ0n) is 11.5. The highest BCUT2D eigenvalue weighted by molar-refractivity contribution is 5.24. The van der Waals surface area contributed by atoms with E-state index in [9.17, 15) is 13.2 Å². The van der Waals surface area contributed by atoms with Crippen LogP contribution in [0.5, 0.6) is 0 Å². The van der Waals surface area contributed by atoms with E-state index in [1.165, 1.54) is 12.8 Å². The number of hydrogen-bond acceptors (Lipinski definition) is 2. The normalized spacial score (nSPS) is 18.8. The molecule has 0 amide bonds. The summed E-state index contributed by atoms with van der Waals surface area (Å²) in [4.78, 5) is 0. The standard InChI is InChI=1S/C15H21F3N2/c16-12-8-14(18)13(17)7-11(12)15(9-19)20-10-5-3-1-2-4-6-10/h7-8,10,15,20H,1-6,9,19H2. The molecule has 1 atom stereocenters. The van der Waals surface area contributed by atoms with Gasteiger partial charge >= 0.3 is 0 Å². The van der Waals surface area contributed by atoms with Gasteiger partial charge in [0.05, 0.1) is 0 Å². The second kappa shape index (κ2) is 7.09. The predicted octanol–water partition coefficient (Wildman–Crippen LogP) is 3.42. The van der Waals surface area contributed by atoms with E-state index in [-0.39, 0.29) is 18.2 Å². The molecule has 20 heavy (non-hydrogen) atoms. The largest absolute Gasteiger partial charge is 0.329 e. The van der Waals surface area contributed by atoms with Crippen molar-refractivity contribution < 1.29 is 13.2 Å². The lowest BCUT2D eigenvalue weighted by atomic mass is 10.0. The molecule has 0 aliphatic heterocycles.